The minimum atomic E-state index is -0.860. The second-order valence-corrected chi connectivity index (χ2v) is 8.18. The van der Waals surface area contributed by atoms with Crippen LogP contribution in [0, 0.1) is 5.82 Å². The fourth-order valence-electron chi connectivity index (χ4n) is 3.99. The van der Waals surface area contributed by atoms with E-state index in [4.69, 9.17) is 9.15 Å². The standard InChI is InChI=1S/C26H24FNO5/c1-15(2)16-6-8-17(9-7-16)23-22(24(29)18-10-11-21(32-3)20(27)13-18)25(30)26(31)28(23)14-19-5-4-12-33-19/h4-13,15,23,29H,14H2,1-3H3. The molecule has 1 unspecified atom stereocenters. The van der Waals surface area contributed by atoms with Crippen LogP contribution in [0.4, 0.5) is 4.39 Å². The number of aliphatic hydroxyl groups excluding tert-OH is 1. The number of benzene rings is 2. The highest BCUT2D eigenvalue weighted by atomic mass is 19.1. The normalized spacial score (nSPS) is 17.7. The molecule has 0 aliphatic carbocycles. The molecule has 1 amide bonds. The van der Waals surface area contributed by atoms with Crippen molar-refractivity contribution in [2.45, 2.75) is 32.4 Å². The Morgan fingerprint density at radius 3 is 2.45 bits per heavy atom. The maximum absolute atomic E-state index is 14.3. The Kier molecular flexibility index (Phi) is 6.05. The second-order valence-electron chi connectivity index (χ2n) is 8.18. The van der Waals surface area contributed by atoms with Gasteiger partial charge in [0, 0.05) is 5.56 Å². The predicted molar refractivity (Wildman–Crippen MR) is 120 cm³/mol. The average Bonchev–Trinajstić information content (AvgIpc) is 3.41. The first-order valence-corrected chi connectivity index (χ1v) is 10.6. The average molecular weight is 449 g/mol. The minimum absolute atomic E-state index is 0.00523. The summed E-state index contributed by atoms with van der Waals surface area (Å²) in [6.07, 6.45) is 1.48. The van der Waals surface area contributed by atoms with Gasteiger partial charge in [0.05, 0.1) is 31.5 Å². The van der Waals surface area contributed by atoms with E-state index in [9.17, 15) is 19.1 Å². The van der Waals surface area contributed by atoms with Crippen LogP contribution in [0.5, 0.6) is 5.75 Å². The molecular formula is C26H24FNO5. The first-order chi connectivity index (χ1) is 15.8. The minimum Gasteiger partial charge on any atom is -0.507 e. The van der Waals surface area contributed by atoms with Gasteiger partial charge in [0.1, 0.15) is 11.5 Å². The number of furan rings is 1. The lowest BCUT2D eigenvalue weighted by Gasteiger charge is -2.25. The fraction of sp³-hybridized carbons (Fsp3) is 0.231. The SMILES string of the molecule is COc1ccc(C(O)=C2C(=O)C(=O)N(Cc3ccco3)C2c2ccc(C(C)C)cc2)cc1F. The molecule has 0 radical (unpaired) electrons. The zero-order chi connectivity index (χ0) is 23.7. The summed E-state index contributed by atoms with van der Waals surface area (Å²) in [5.74, 6) is -1.94. The number of likely N-dealkylation sites (tertiary alicyclic amines) is 1. The van der Waals surface area contributed by atoms with Crippen LogP contribution < -0.4 is 4.74 Å². The second kappa shape index (κ2) is 8.94. The Labute approximate surface area is 190 Å². The third-order valence-electron chi connectivity index (χ3n) is 5.79. The molecule has 1 fully saturated rings. The molecule has 1 aliphatic rings. The maximum Gasteiger partial charge on any atom is 0.296 e. The van der Waals surface area contributed by atoms with E-state index in [1.54, 1.807) is 12.1 Å². The van der Waals surface area contributed by atoms with Gasteiger partial charge in [0.25, 0.3) is 11.7 Å². The largest absolute Gasteiger partial charge is 0.507 e. The first-order valence-electron chi connectivity index (χ1n) is 10.6. The number of hydrogen-bond donors (Lipinski definition) is 1. The van der Waals surface area contributed by atoms with Crippen LogP contribution in [0.2, 0.25) is 0 Å². The highest BCUT2D eigenvalue weighted by Gasteiger charge is 2.46. The summed E-state index contributed by atoms with van der Waals surface area (Å²) in [6.45, 7) is 4.17. The van der Waals surface area contributed by atoms with E-state index >= 15 is 0 Å². The molecular weight excluding hydrogens is 425 g/mol. The number of ketones is 1. The fourth-order valence-corrected chi connectivity index (χ4v) is 3.99. The third kappa shape index (κ3) is 4.14. The molecule has 2 heterocycles. The molecule has 1 atom stereocenters. The number of ether oxygens (including phenoxy) is 1. The predicted octanol–water partition coefficient (Wildman–Crippen LogP) is 5.17. The summed E-state index contributed by atoms with van der Waals surface area (Å²) >= 11 is 0. The van der Waals surface area contributed by atoms with E-state index < -0.39 is 29.3 Å². The number of methoxy groups -OCH3 is 1. The Hall–Kier alpha value is -3.87. The molecule has 2 aromatic carbocycles. The van der Waals surface area contributed by atoms with E-state index in [2.05, 4.69) is 13.8 Å². The molecule has 0 bridgehead atoms. The highest BCUT2D eigenvalue weighted by molar-refractivity contribution is 6.46. The van der Waals surface area contributed by atoms with Gasteiger partial charge >= 0.3 is 0 Å². The van der Waals surface area contributed by atoms with Gasteiger partial charge in [-0.25, -0.2) is 4.39 Å². The number of hydrogen-bond acceptors (Lipinski definition) is 5. The van der Waals surface area contributed by atoms with Gasteiger partial charge < -0.3 is 19.2 Å². The summed E-state index contributed by atoms with van der Waals surface area (Å²) in [7, 11) is 1.33. The summed E-state index contributed by atoms with van der Waals surface area (Å²) < 4.78 is 24.6. The molecule has 6 nitrogen and oxygen atoms in total. The summed E-state index contributed by atoms with van der Waals surface area (Å²) in [4.78, 5) is 27.4. The Morgan fingerprint density at radius 2 is 1.88 bits per heavy atom. The van der Waals surface area contributed by atoms with Crippen molar-refractivity contribution in [2.75, 3.05) is 7.11 Å². The lowest BCUT2D eigenvalue weighted by atomic mass is 9.93. The summed E-state index contributed by atoms with van der Waals surface area (Å²) in [5, 5.41) is 11.1. The lowest BCUT2D eigenvalue weighted by Crippen LogP contribution is -2.29. The molecule has 0 spiro atoms. The van der Waals surface area contributed by atoms with Gasteiger partial charge in [-0.1, -0.05) is 38.1 Å². The molecule has 170 valence electrons. The van der Waals surface area contributed by atoms with Crippen molar-refractivity contribution in [1.82, 2.24) is 4.90 Å². The number of halogens is 1. The monoisotopic (exact) mass is 449 g/mol. The first kappa shape index (κ1) is 22.3. The van der Waals surface area contributed by atoms with Crippen LogP contribution in [-0.4, -0.2) is 28.8 Å². The highest BCUT2D eigenvalue weighted by Crippen LogP contribution is 2.41. The van der Waals surface area contributed by atoms with Crippen LogP contribution in [-0.2, 0) is 16.1 Å². The summed E-state index contributed by atoms with van der Waals surface area (Å²) in [6, 6.07) is 13.9. The molecule has 1 N–H and O–H groups in total. The van der Waals surface area contributed by atoms with E-state index in [1.807, 2.05) is 24.3 Å². The van der Waals surface area contributed by atoms with Crippen molar-refractivity contribution in [2.24, 2.45) is 0 Å². The third-order valence-corrected chi connectivity index (χ3v) is 5.79. The number of rotatable bonds is 6. The van der Waals surface area contributed by atoms with Gasteiger partial charge in [0.2, 0.25) is 0 Å². The van der Waals surface area contributed by atoms with Gasteiger partial charge in [-0.05, 0) is 47.4 Å². The number of carbonyl (C=O) groups excluding carboxylic acids is 2. The smallest absolute Gasteiger partial charge is 0.296 e. The number of Topliss-reactive ketones (excluding diaryl/α,β-unsaturated/α-hetero) is 1. The van der Waals surface area contributed by atoms with Crippen LogP contribution >= 0.6 is 0 Å². The number of amides is 1. The van der Waals surface area contributed by atoms with Crippen molar-refractivity contribution in [3.63, 3.8) is 0 Å². The van der Waals surface area contributed by atoms with Crippen LogP contribution in [0.15, 0.2) is 70.9 Å². The van der Waals surface area contributed by atoms with E-state index in [-0.39, 0.29) is 23.4 Å². The van der Waals surface area contributed by atoms with Gasteiger partial charge in [-0.2, -0.15) is 0 Å². The number of carbonyl (C=O) groups is 2. The van der Waals surface area contributed by atoms with Crippen LogP contribution in [0.25, 0.3) is 5.76 Å². The molecule has 4 rings (SSSR count). The van der Waals surface area contributed by atoms with Crippen molar-refractivity contribution in [3.8, 4) is 5.75 Å². The quantitative estimate of drug-likeness (QED) is 0.319. The zero-order valence-electron chi connectivity index (χ0n) is 18.5. The van der Waals surface area contributed by atoms with Gasteiger partial charge in [-0.3, -0.25) is 9.59 Å². The van der Waals surface area contributed by atoms with Gasteiger partial charge in [-0.15, -0.1) is 0 Å². The molecule has 33 heavy (non-hydrogen) atoms. The zero-order valence-corrected chi connectivity index (χ0v) is 18.5. The molecule has 7 heteroatoms. The van der Waals surface area contributed by atoms with Gasteiger partial charge in [0.15, 0.2) is 11.6 Å². The van der Waals surface area contributed by atoms with E-state index in [0.717, 1.165) is 11.6 Å². The number of nitrogens with zero attached hydrogens (tertiary/aromatic N) is 1. The Balaban J connectivity index is 1.85. The van der Waals surface area contributed by atoms with E-state index in [1.165, 1.54) is 30.4 Å². The lowest BCUT2D eigenvalue weighted by molar-refractivity contribution is -0.140. The van der Waals surface area contributed by atoms with E-state index in [0.29, 0.717) is 17.2 Å². The van der Waals surface area contributed by atoms with Crippen molar-refractivity contribution in [1.29, 1.82) is 0 Å². The van der Waals surface area contributed by atoms with Crippen molar-refractivity contribution < 1.29 is 28.2 Å². The topological polar surface area (TPSA) is 80.0 Å². The van der Waals surface area contributed by atoms with Crippen molar-refractivity contribution in [3.05, 3.63) is 94.7 Å². The molecule has 1 aromatic heterocycles. The number of aliphatic hydroxyl groups is 1. The maximum atomic E-state index is 14.3. The molecule has 0 saturated carbocycles. The van der Waals surface area contributed by atoms with Crippen LogP contribution in [0.3, 0.4) is 0 Å². The van der Waals surface area contributed by atoms with Crippen LogP contribution in [0.1, 0.15) is 48.3 Å². The van der Waals surface area contributed by atoms with Crippen molar-refractivity contribution >= 4 is 17.4 Å². The molecule has 1 aliphatic heterocycles. The molecule has 3 aromatic rings. The summed E-state index contributed by atoms with van der Waals surface area (Å²) in [5.41, 5.74) is 1.72. The Bertz CT molecular complexity index is 1210. The molecule has 1 saturated heterocycles. The Morgan fingerprint density at radius 1 is 1.15 bits per heavy atom.